The van der Waals surface area contributed by atoms with E-state index < -0.39 is 18.9 Å². The molecule has 0 atom stereocenters. The minimum Gasteiger partial charge on any atom is -0.214 e. The van der Waals surface area contributed by atoms with Crippen LogP contribution in [-0.2, 0) is 29.7 Å². The van der Waals surface area contributed by atoms with Gasteiger partial charge < -0.3 is 0 Å². The fourth-order valence-electron chi connectivity index (χ4n) is 4.06. The Morgan fingerprint density at radius 1 is 0.676 bits per heavy atom. The molecule has 0 unspecified atom stereocenters. The second-order valence-corrected chi connectivity index (χ2v) is 19.7. The molecular weight excluding hydrogens is 571 g/mol. The molecule has 194 valence electrons. The van der Waals surface area contributed by atoms with Gasteiger partial charge in [0.15, 0.2) is 0 Å². The second kappa shape index (κ2) is 12.8. The maximum atomic E-state index is 5.76. The standard InChI is InChI=1S/C21H25.C8H8.C5H5.2ClH.Zr/c1-20(2,3)16-7-9-18-14(12-16)11-15-13-17(21(4,5)6)8-10-19(15)18;1-7-3-5-8(2)6-4-7;1-2-4-5-3-1;;;/h7-13H,1-6H3;1,3-6H,2H3;1-5H;2*1H;/q-1;;-1;;;+2/p-2. The maximum Gasteiger partial charge on any atom is -0.172 e. The Morgan fingerprint density at radius 3 is 1.49 bits per heavy atom. The molecule has 0 heterocycles. The summed E-state index contributed by atoms with van der Waals surface area (Å²) in [5.41, 5.74) is 5.62. The van der Waals surface area contributed by atoms with Crippen molar-refractivity contribution in [1.82, 2.24) is 0 Å². The van der Waals surface area contributed by atoms with Crippen LogP contribution in [0.3, 0.4) is 0 Å². The monoisotopic (exact) mass is 606 g/mol. The van der Waals surface area contributed by atoms with E-state index >= 15 is 0 Å². The molecule has 0 radical (unpaired) electrons. The van der Waals surface area contributed by atoms with E-state index in [1.807, 2.05) is 46.2 Å². The Labute approximate surface area is 238 Å². The molecule has 0 N–H and O–H groups in total. The van der Waals surface area contributed by atoms with E-state index in [9.17, 15) is 0 Å². The summed E-state index contributed by atoms with van der Waals surface area (Å²) >= 11 is -2.08. The number of aryl methyl sites for hydroxylation is 1. The number of hydrogen-bond acceptors (Lipinski definition) is 0. The third-order valence-electron chi connectivity index (χ3n) is 6.35. The van der Waals surface area contributed by atoms with Crippen LogP contribution >= 0.6 is 17.0 Å². The molecule has 0 saturated heterocycles. The molecule has 5 aromatic carbocycles. The minimum absolute atomic E-state index is 0.203. The molecule has 0 bridgehead atoms. The van der Waals surface area contributed by atoms with Crippen molar-refractivity contribution >= 4 is 42.3 Å². The van der Waals surface area contributed by atoms with Crippen LogP contribution in [0.25, 0.3) is 21.5 Å². The summed E-state index contributed by atoms with van der Waals surface area (Å²) in [4.78, 5) is 0. The van der Waals surface area contributed by atoms with Crippen molar-refractivity contribution < 1.29 is 18.9 Å². The van der Waals surface area contributed by atoms with Crippen LogP contribution in [-0.4, -0.2) is 3.71 Å². The Balaban J connectivity index is 0.000000197. The zero-order valence-electron chi connectivity index (χ0n) is 23.1. The molecule has 0 fully saturated rings. The first-order valence-corrected chi connectivity index (χ1v) is 20.5. The van der Waals surface area contributed by atoms with E-state index in [4.69, 9.17) is 17.0 Å². The topological polar surface area (TPSA) is 0 Å². The van der Waals surface area contributed by atoms with Crippen LogP contribution < -0.4 is 0 Å². The number of benzene rings is 3. The normalized spacial score (nSPS) is 11.4. The number of fused-ring (bicyclic) bond motifs is 3. The minimum atomic E-state index is -2.08. The Morgan fingerprint density at radius 2 is 1.14 bits per heavy atom. The van der Waals surface area contributed by atoms with Gasteiger partial charge in [-0.15, -0.1) is 39.7 Å². The summed E-state index contributed by atoms with van der Waals surface area (Å²) in [5, 5.41) is 5.48. The summed E-state index contributed by atoms with van der Waals surface area (Å²) in [5.74, 6) is 0. The first-order chi connectivity index (χ1) is 17.3. The van der Waals surface area contributed by atoms with Gasteiger partial charge in [0, 0.05) is 0 Å². The van der Waals surface area contributed by atoms with Crippen molar-refractivity contribution in [3.8, 4) is 0 Å². The molecule has 5 aromatic rings. The van der Waals surface area contributed by atoms with Gasteiger partial charge in [0.1, 0.15) is 0 Å². The Kier molecular flexibility index (Phi) is 10.3. The molecule has 0 aliphatic rings. The Bertz CT molecular complexity index is 1350. The van der Waals surface area contributed by atoms with E-state index in [0.717, 1.165) is 5.56 Å². The summed E-state index contributed by atoms with van der Waals surface area (Å²) < 4.78 is 1.99. The molecule has 37 heavy (non-hydrogen) atoms. The predicted molar refractivity (Wildman–Crippen MR) is 165 cm³/mol. The maximum absolute atomic E-state index is 5.76. The first kappa shape index (κ1) is 29.8. The third-order valence-corrected chi connectivity index (χ3v) is 8.99. The van der Waals surface area contributed by atoms with Gasteiger partial charge in [-0.25, -0.2) is 12.1 Å². The molecule has 0 aliphatic carbocycles. The van der Waals surface area contributed by atoms with Gasteiger partial charge >= 0.3 is 81.9 Å². The molecule has 0 amide bonds. The van der Waals surface area contributed by atoms with Gasteiger partial charge in [-0.2, -0.15) is 18.2 Å². The number of halogens is 2. The fraction of sp³-hybridized carbons (Fsp3) is 0.265. The van der Waals surface area contributed by atoms with Crippen LogP contribution in [0.4, 0.5) is 0 Å². The molecule has 0 aliphatic heterocycles. The van der Waals surface area contributed by atoms with E-state index in [1.165, 1.54) is 38.2 Å². The van der Waals surface area contributed by atoms with Gasteiger partial charge in [0.05, 0.1) is 0 Å². The molecule has 3 heteroatoms. The summed E-state index contributed by atoms with van der Waals surface area (Å²) in [7, 11) is 11.5. The van der Waals surface area contributed by atoms with Gasteiger partial charge in [0.25, 0.3) is 0 Å². The van der Waals surface area contributed by atoms with Crippen LogP contribution in [0.1, 0.15) is 63.8 Å². The number of rotatable bonds is 1. The molecule has 0 nitrogen and oxygen atoms in total. The van der Waals surface area contributed by atoms with E-state index in [1.54, 1.807) is 0 Å². The Hall–Kier alpha value is -1.79. The van der Waals surface area contributed by atoms with E-state index in [2.05, 4.69) is 103 Å². The third kappa shape index (κ3) is 8.88. The van der Waals surface area contributed by atoms with Gasteiger partial charge in [-0.1, -0.05) is 76.9 Å². The fourth-order valence-corrected chi connectivity index (χ4v) is 6.65. The van der Waals surface area contributed by atoms with Crippen LogP contribution in [0.5, 0.6) is 0 Å². The van der Waals surface area contributed by atoms with Gasteiger partial charge in [-0.3, -0.25) is 0 Å². The largest absolute Gasteiger partial charge is 0.214 e. The van der Waals surface area contributed by atoms with Crippen molar-refractivity contribution in [2.75, 3.05) is 0 Å². The second-order valence-electron chi connectivity index (χ2n) is 11.6. The molecule has 0 spiro atoms. The van der Waals surface area contributed by atoms with Crippen LogP contribution in [0, 0.1) is 6.92 Å². The van der Waals surface area contributed by atoms with Crippen molar-refractivity contribution in [2.24, 2.45) is 0 Å². The molecule has 0 saturated carbocycles. The van der Waals surface area contributed by atoms with Crippen molar-refractivity contribution in [1.29, 1.82) is 0 Å². The van der Waals surface area contributed by atoms with Crippen LogP contribution in [0.2, 0.25) is 0 Å². The molecule has 0 aromatic heterocycles. The number of hydrogen-bond donors (Lipinski definition) is 0. The SMILES string of the molecule is CC(C)(C)c1ccc2c(c1)[cH-]c1cc(C(C)(C)C)ccc12.Cc1ccc([CH]=[Zr]([Cl])[Cl])cc1.c1cc[cH-]c1. The molecule has 5 rings (SSSR count). The average molecular weight is 609 g/mol. The average Bonchev–Trinajstić information content (AvgIpc) is 3.50. The summed E-state index contributed by atoms with van der Waals surface area (Å²) in [6, 6.07) is 34.4. The zero-order valence-corrected chi connectivity index (χ0v) is 27.0. The van der Waals surface area contributed by atoms with E-state index in [-0.39, 0.29) is 10.8 Å². The van der Waals surface area contributed by atoms with Crippen molar-refractivity contribution in [3.63, 3.8) is 0 Å². The smallest absolute Gasteiger partial charge is 0.172 e. The van der Waals surface area contributed by atoms with E-state index in [0.29, 0.717) is 0 Å². The quantitative estimate of drug-likeness (QED) is 0.166. The van der Waals surface area contributed by atoms with Gasteiger partial charge in [0.2, 0.25) is 0 Å². The summed E-state index contributed by atoms with van der Waals surface area (Å²) in [6.45, 7) is 15.7. The zero-order chi connectivity index (χ0) is 27.2. The van der Waals surface area contributed by atoms with Crippen LogP contribution in [0.15, 0.2) is 97.1 Å². The van der Waals surface area contributed by atoms with Crippen molar-refractivity contribution in [3.05, 3.63) is 119 Å². The molecular formula is C34H38Cl2Zr-2. The van der Waals surface area contributed by atoms with Gasteiger partial charge in [-0.05, 0) is 10.8 Å². The predicted octanol–water partition coefficient (Wildman–Crippen LogP) is 10.8. The first-order valence-electron chi connectivity index (χ1n) is 12.7. The van der Waals surface area contributed by atoms with Crippen molar-refractivity contribution in [2.45, 2.75) is 59.3 Å². The summed E-state index contributed by atoms with van der Waals surface area (Å²) in [6.07, 6.45) is 0.